The van der Waals surface area contributed by atoms with Crippen molar-refractivity contribution in [1.29, 1.82) is 0 Å². The van der Waals surface area contributed by atoms with E-state index in [1.54, 1.807) is 7.11 Å². The molecule has 3 nitrogen and oxygen atoms in total. The molecule has 3 atom stereocenters. The molecule has 3 heteroatoms. The first-order valence-corrected chi connectivity index (χ1v) is 8.50. The van der Waals surface area contributed by atoms with Crippen molar-refractivity contribution in [2.24, 2.45) is 0 Å². The van der Waals surface area contributed by atoms with E-state index in [1.807, 2.05) is 48.5 Å². The Kier molecular flexibility index (Phi) is 6.18. The fourth-order valence-corrected chi connectivity index (χ4v) is 2.89. The summed E-state index contributed by atoms with van der Waals surface area (Å²) in [5.74, 6) is 0. The molecule has 0 aliphatic carbocycles. The Morgan fingerprint density at radius 1 is 1.00 bits per heavy atom. The number of ether oxygens (including phenoxy) is 3. The summed E-state index contributed by atoms with van der Waals surface area (Å²) >= 11 is 0. The van der Waals surface area contributed by atoms with Crippen LogP contribution in [0.4, 0.5) is 0 Å². The minimum atomic E-state index is -0.152. The van der Waals surface area contributed by atoms with Crippen LogP contribution in [0.5, 0.6) is 0 Å². The highest BCUT2D eigenvalue weighted by atomic mass is 16.6. The van der Waals surface area contributed by atoms with Crippen molar-refractivity contribution < 1.29 is 14.2 Å². The molecule has 0 N–H and O–H groups in total. The van der Waals surface area contributed by atoms with Crippen LogP contribution in [0.1, 0.15) is 17.2 Å². The van der Waals surface area contributed by atoms with Crippen LogP contribution in [0, 0.1) is 0 Å². The molecule has 0 radical (unpaired) electrons. The van der Waals surface area contributed by atoms with Crippen LogP contribution in [0.25, 0.3) is 5.57 Å². The molecule has 130 valence electrons. The summed E-state index contributed by atoms with van der Waals surface area (Å²) in [6, 6.07) is 20.2. The molecule has 0 spiro atoms. The molecule has 0 fully saturated rings. The van der Waals surface area contributed by atoms with Gasteiger partial charge < -0.3 is 14.2 Å². The van der Waals surface area contributed by atoms with E-state index in [4.69, 9.17) is 14.2 Å². The first-order valence-electron chi connectivity index (χ1n) is 8.50. The van der Waals surface area contributed by atoms with Gasteiger partial charge in [-0.2, -0.15) is 0 Å². The molecule has 1 heterocycles. The molecule has 0 saturated carbocycles. The lowest BCUT2D eigenvalue weighted by Crippen LogP contribution is -2.38. The van der Waals surface area contributed by atoms with Gasteiger partial charge in [0.1, 0.15) is 18.3 Å². The van der Waals surface area contributed by atoms with Crippen LogP contribution >= 0.6 is 0 Å². The smallest absolute Gasteiger partial charge is 0.112 e. The number of rotatable bonds is 7. The van der Waals surface area contributed by atoms with Crippen LogP contribution in [0.15, 0.2) is 79.4 Å². The molecule has 1 aliphatic rings. The molecule has 2 aromatic rings. The molecule has 0 saturated heterocycles. The van der Waals surface area contributed by atoms with Gasteiger partial charge in [-0.1, -0.05) is 79.4 Å². The fourth-order valence-electron chi connectivity index (χ4n) is 2.89. The Morgan fingerprint density at radius 3 is 2.36 bits per heavy atom. The summed E-state index contributed by atoms with van der Waals surface area (Å²) < 4.78 is 17.6. The number of benzene rings is 2. The monoisotopic (exact) mass is 336 g/mol. The van der Waals surface area contributed by atoms with Crippen LogP contribution in [0.3, 0.4) is 0 Å². The maximum Gasteiger partial charge on any atom is 0.112 e. The summed E-state index contributed by atoms with van der Waals surface area (Å²) in [5.41, 5.74) is 3.18. The topological polar surface area (TPSA) is 27.7 Å². The van der Waals surface area contributed by atoms with E-state index in [0.717, 1.165) is 16.7 Å². The first kappa shape index (κ1) is 17.6. The molecular formula is C22H24O3. The van der Waals surface area contributed by atoms with E-state index < -0.39 is 0 Å². The van der Waals surface area contributed by atoms with Crippen molar-refractivity contribution in [3.8, 4) is 0 Å². The summed E-state index contributed by atoms with van der Waals surface area (Å²) in [6.45, 7) is 5.06. The van der Waals surface area contributed by atoms with Gasteiger partial charge in [0, 0.05) is 7.11 Å². The van der Waals surface area contributed by atoms with Gasteiger partial charge in [0.05, 0.1) is 13.2 Å². The van der Waals surface area contributed by atoms with Gasteiger partial charge in [0.2, 0.25) is 0 Å². The second kappa shape index (κ2) is 8.77. The lowest BCUT2D eigenvalue weighted by molar-refractivity contribution is -0.103. The van der Waals surface area contributed by atoms with Gasteiger partial charge in [-0.3, -0.25) is 0 Å². The standard InChI is InChI=1S/C22H24O3/c1-17(18-9-5-3-6-10-18)15-24-21-14-13-20(25-22(21)16-23-2)19-11-7-4-8-12-19/h3-14,20-22H,1,15-16H2,2H3/t20-,21-,22+/m0/s1. The Balaban J connectivity index is 1.65. The molecule has 2 aromatic carbocycles. The highest BCUT2D eigenvalue weighted by molar-refractivity contribution is 5.63. The van der Waals surface area contributed by atoms with Gasteiger partial charge in [-0.05, 0) is 16.7 Å². The predicted molar refractivity (Wildman–Crippen MR) is 100 cm³/mol. The van der Waals surface area contributed by atoms with Gasteiger partial charge in [-0.15, -0.1) is 0 Å². The average molecular weight is 336 g/mol. The lowest BCUT2D eigenvalue weighted by atomic mass is 10.0. The third-order valence-electron chi connectivity index (χ3n) is 4.25. The summed E-state index contributed by atoms with van der Waals surface area (Å²) in [5, 5.41) is 0. The Hall–Kier alpha value is -2.20. The second-order valence-electron chi connectivity index (χ2n) is 6.09. The maximum atomic E-state index is 6.20. The van der Waals surface area contributed by atoms with Crippen molar-refractivity contribution >= 4 is 5.57 Å². The molecule has 25 heavy (non-hydrogen) atoms. The van der Waals surface area contributed by atoms with Crippen molar-refractivity contribution in [2.45, 2.75) is 18.3 Å². The SMILES string of the molecule is C=C(CO[C@H]1C=C[C@@H](c2ccccc2)O[C@@H]1COC)c1ccccc1. The van der Waals surface area contributed by atoms with E-state index >= 15 is 0 Å². The zero-order chi connectivity index (χ0) is 17.5. The maximum absolute atomic E-state index is 6.20. The predicted octanol–water partition coefficient (Wildman–Crippen LogP) is 4.43. The van der Waals surface area contributed by atoms with Gasteiger partial charge in [-0.25, -0.2) is 0 Å². The van der Waals surface area contributed by atoms with E-state index in [9.17, 15) is 0 Å². The van der Waals surface area contributed by atoms with Crippen molar-refractivity contribution in [3.05, 3.63) is 90.5 Å². The second-order valence-corrected chi connectivity index (χ2v) is 6.09. The number of hydrogen-bond donors (Lipinski definition) is 0. The molecule has 0 amide bonds. The van der Waals surface area contributed by atoms with Crippen molar-refractivity contribution in [1.82, 2.24) is 0 Å². The Labute approximate surface area is 149 Å². The third-order valence-corrected chi connectivity index (χ3v) is 4.25. The average Bonchev–Trinajstić information content (AvgIpc) is 2.68. The largest absolute Gasteiger partial charge is 0.382 e. The minimum absolute atomic E-state index is 0.0708. The van der Waals surface area contributed by atoms with Crippen LogP contribution < -0.4 is 0 Å². The molecular weight excluding hydrogens is 312 g/mol. The molecule has 0 unspecified atom stereocenters. The van der Waals surface area contributed by atoms with E-state index in [2.05, 4.69) is 30.9 Å². The van der Waals surface area contributed by atoms with E-state index in [-0.39, 0.29) is 18.3 Å². The van der Waals surface area contributed by atoms with Crippen LogP contribution in [-0.4, -0.2) is 32.5 Å². The molecule has 1 aliphatic heterocycles. The molecule has 0 bridgehead atoms. The quantitative estimate of drug-likeness (QED) is 0.700. The fraction of sp³-hybridized carbons (Fsp3) is 0.273. The highest BCUT2D eigenvalue weighted by Crippen LogP contribution is 2.28. The van der Waals surface area contributed by atoms with Crippen LogP contribution in [0.2, 0.25) is 0 Å². The van der Waals surface area contributed by atoms with Crippen molar-refractivity contribution in [3.63, 3.8) is 0 Å². The van der Waals surface area contributed by atoms with E-state index in [0.29, 0.717) is 13.2 Å². The molecule has 0 aromatic heterocycles. The van der Waals surface area contributed by atoms with Gasteiger partial charge >= 0.3 is 0 Å². The normalized spacial score (nSPS) is 22.7. The Bertz CT molecular complexity index is 694. The Morgan fingerprint density at radius 2 is 1.68 bits per heavy atom. The molecule has 3 rings (SSSR count). The van der Waals surface area contributed by atoms with Gasteiger partial charge in [0.15, 0.2) is 0 Å². The number of methoxy groups -OCH3 is 1. The number of hydrogen-bond acceptors (Lipinski definition) is 3. The van der Waals surface area contributed by atoms with Crippen LogP contribution in [-0.2, 0) is 14.2 Å². The zero-order valence-electron chi connectivity index (χ0n) is 14.5. The van der Waals surface area contributed by atoms with Gasteiger partial charge in [0.25, 0.3) is 0 Å². The zero-order valence-corrected chi connectivity index (χ0v) is 14.5. The summed E-state index contributed by atoms with van der Waals surface area (Å²) in [6.07, 6.45) is 3.75. The highest BCUT2D eigenvalue weighted by Gasteiger charge is 2.28. The minimum Gasteiger partial charge on any atom is -0.382 e. The summed E-state index contributed by atoms with van der Waals surface area (Å²) in [7, 11) is 1.68. The first-order chi connectivity index (χ1) is 12.3. The van der Waals surface area contributed by atoms with Crippen molar-refractivity contribution in [2.75, 3.05) is 20.3 Å². The third kappa shape index (κ3) is 4.67. The summed E-state index contributed by atoms with van der Waals surface area (Å²) in [4.78, 5) is 0. The lowest BCUT2D eigenvalue weighted by Gasteiger charge is -2.32. The van der Waals surface area contributed by atoms with E-state index in [1.165, 1.54) is 0 Å².